The number of methoxy groups -OCH3 is 1. The van der Waals surface area contributed by atoms with E-state index in [4.69, 9.17) is 9.15 Å². The second-order valence-electron chi connectivity index (χ2n) is 5.16. The molecule has 1 saturated heterocycles. The number of furan rings is 1. The van der Waals surface area contributed by atoms with E-state index >= 15 is 0 Å². The van der Waals surface area contributed by atoms with Crippen molar-refractivity contribution >= 4 is 11.7 Å². The number of rotatable bonds is 4. The van der Waals surface area contributed by atoms with Crippen molar-refractivity contribution in [3.8, 4) is 5.88 Å². The van der Waals surface area contributed by atoms with Crippen LogP contribution in [0.1, 0.15) is 23.4 Å². The van der Waals surface area contributed by atoms with Crippen LogP contribution in [0.2, 0.25) is 0 Å². The van der Waals surface area contributed by atoms with Crippen LogP contribution >= 0.6 is 0 Å². The molecule has 0 aromatic carbocycles. The predicted octanol–water partition coefficient (Wildman–Crippen LogP) is 1.79. The molecule has 1 atom stereocenters. The first kappa shape index (κ1) is 14.4. The minimum atomic E-state index is -0.0724. The molecule has 0 saturated carbocycles. The van der Waals surface area contributed by atoms with Crippen molar-refractivity contribution in [3.63, 3.8) is 0 Å². The molecule has 0 radical (unpaired) electrons. The maximum Gasteiger partial charge on any atom is 0.289 e. The van der Waals surface area contributed by atoms with E-state index in [0.29, 0.717) is 24.0 Å². The lowest BCUT2D eigenvalue weighted by atomic mass is 10.1. The number of nitrogens with one attached hydrogen (secondary N) is 1. The topological polar surface area (TPSA) is 80.5 Å². The zero-order chi connectivity index (χ0) is 15.4. The third kappa shape index (κ3) is 3.19. The number of ether oxygens (including phenoxy) is 1. The predicted molar refractivity (Wildman–Crippen MR) is 79.8 cm³/mol. The van der Waals surface area contributed by atoms with Gasteiger partial charge in [0.05, 0.1) is 13.4 Å². The number of hydrogen-bond acceptors (Lipinski definition) is 6. The van der Waals surface area contributed by atoms with E-state index in [2.05, 4.69) is 15.3 Å². The molecule has 7 heteroatoms. The molecule has 3 heterocycles. The average Bonchev–Trinajstić information content (AvgIpc) is 3.09. The van der Waals surface area contributed by atoms with Gasteiger partial charge < -0.3 is 19.4 Å². The van der Waals surface area contributed by atoms with Gasteiger partial charge in [0.1, 0.15) is 12.1 Å². The number of aromatic nitrogens is 2. The Labute approximate surface area is 128 Å². The molecule has 116 valence electrons. The summed E-state index contributed by atoms with van der Waals surface area (Å²) in [5.74, 6) is 1.52. The monoisotopic (exact) mass is 302 g/mol. The number of nitrogens with zero attached hydrogens (tertiary/aromatic N) is 3. The van der Waals surface area contributed by atoms with Crippen molar-refractivity contribution in [2.45, 2.75) is 18.9 Å². The van der Waals surface area contributed by atoms with Crippen LogP contribution in [0, 0.1) is 0 Å². The Kier molecular flexibility index (Phi) is 4.22. The summed E-state index contributed by atoms with van der Waals surface area (Å²) in [5.41, 5.74) is 0. The molecule has 0 bridgehead atoms. The lowest BCUT2D eigenvalue weighted by molar-refractivity contribution is 0.0682. The van der Waals surface area contributed by atoms with Gasteiger partial charge in [0.25, 0.3) is 5.91 Å². The van der Waals surface area contributed by atoms with Gasteiger partial charge in [-0.2, -0.15) is 0 Å². The third-order valence-electron chi connectivity index (χ3n) is 3.64. The van der Waals surface area contributed by atoms with Crippen LogP contribution in [0.25, 0.3) is 0 Å². The van der Waals surface area contributed by atoms with E-state index in [-0.39, 0.29) is 11.9 Å². The minimum absolute atomic E-state index is 0.0724. The minimum Gasteiger partial charge on any atom is -0.481 e. The van der Waals surface area contributed by atoms with E-state index < -0.39 is 0 Å². The molecule has 1 fully saturated rings. The van der Waals surface area contributed by atoms with Crippen LogP contribution in [0.5, 0.6) is 5.88 Å². The van der Waals surface area contributed by atoms with E-state index in [1.165, 1.54) is 12.6 Å². The van der Waals surface area contributed by atoms with Crippen molar-refractivity contribution < 1.29 is 13.9 Å². The molecule has 2 aromatic rings. The van der Waals surface area contributed by atoms with Crippen LogP contribution in [0.4, 0.5) is 5.82 Å². The fraction of sp³-hybridized carbons (Fsp3) is 0.400. The SMILES string of the molecule is COc1cc(NC2CCCN(C(=O)c3ccco3)C2)ncn1. The van der Waals surface area contributed by atoms with E-state index in [9.17, 15) is 4.79 Å². The van der Waals surface area contributed by atoms with Crippen LogP contribution in [-0.2, 0) is 0 Å². The maximum absolute atomic E-state index is 12.3. The highest BCUT2D eigenvalue weighted by molar-refractivity contribution is 5.91. The van der Waals surface area contributed by atoms with E-state index in [0.717, 1.165) is 19.4 Å². The first-order chi connectivity index (χ1) is 10.8. The number of piperidine rings is 1. The standard InChI is InChI=1S/C15H18N4O3/c1-21-14-8-13(16-10-17-14)18-11-4-2-6-19(9-11)15(20)12-5-3-7-22-12/h3,5,7-8,10-11H,2,4,6,9H2,1H3,(H,16,17,18). The Morgan fingerprint density at radius 1 is 1.50 bits per heavy atom. The molecule has 1 aliphatic heterocycles. The Hall–Kier alpha value is -2.57. The van der Waals surface area contributed by atoms with E-state index in [1.807, 2.05) is 0 Å². The Balaban J connectivity index is 1.64. The van der Waals surface area contributed by atoms with E-state index in [1.54, 1.807) is 30.2 Å². The summed E-state index contributed by atoms with van der Waals surface area (Å²) < 4.78 is 10.3. The highest BCUT2D eigenvalue weighted by atomic mass is 16.5. The fourth-order valence-electron chi connectivity index (χ4n) is 2.57. The lowest BCUT2D eigenvalue weighted by Crippen LogP contribution is -2.45. The first-order valence-corrected chi connectivity index (χ1v) is 7.21. The van der Waals surface area contributed by atoms with Crippen molar-refractivity contribution in [1.29, 1.82) is 0 Å². The molecule has 0 spiro atoms. The van der Waals surface area contributed by atoms with Crippen LogP contribution in [0.15, 0.2) is 35.2 Å². The maximum atomic E-state index is 12.3. The summed E-state index contributed by atoms with van der Waals surface area (Å²) in [7, 11) is 1.57. The van der Waals surface area contributed by atoms with Gasteiger partial charge in [-0.25, -0.2) is 9.97 Å². The molecule has 7 nitrogen and oxygen atoms in total. The van der Waals surface area contributed by atoms with Gasteiger partial charge in [0.15, 0.2) is 5.76 Å². The van der Waals surface area contributed by atoms with Crippen LogP contribution in [0.3, 0.4) is 0 Å². The number of anilines is 1. The fourth-order valence-corrected chi connectivity index (χ4v) is 2.57. The zero-order valence-corrected chi connectivity index (χ0v) is 12.4. The summed E-state index contributed by atoms with van der Waals surface area (Å²) >= 11 is 0. The molecule has 0 aliphatic carbocycles. The normalized spacial score (nSPS) is 18.0. The molecular weight excluding hydrogens is 284 g/mol. The highest BCUT2D eigenvalue weighted by Crippen LogP contribution is 2.18. The Morgan fingerprint density at radius 3 is 3.18 bits per heavy atom. The lowest BCUT2D eigenvalue weighted by Gasteiger charge is -2.32. The Morgan fingerprint density at radius 2 is 2.41 bits per heavy atom. The zero-order valence-electron chi connectivity index (χ0n) is 12.4. The molecule has 22 heavy (non-hydrogen) atoms. The summed E-state index contributed by atoms with van der Waals surface area (Å²) in [6.07, 6.45) is 4.89. The smallest absolute Gasteiger partial charge is 0.289 e. The second-order valence-corrected chi connectivity index (χ2v) is 5.16. The van der Waals surface area contributed by atoms with Gasteiger partial charge in [0, 0.05) is 25.2 Å². The van der Waals surface area contributed by atoms with Crippen molar-refractivity contribution in [1.82, 2.24) is 14.9 Å². The third-order valence-corrected chi connectivity index (χ3v) is 3.64. The molecule has 1 aliphatic rings. The van der Waals surface area contributed by atoms with Gasteiger partial charge in [-0.3, -0.25) is 4.79 Å². The van der Waals surface area contributed by atoms with Crippen molar-refractivity contribution in [3.05, 3.63) is 36.5 Å². The van der Waals surface area contributed by atoms with Crippen LogP contribution < -0.4 is 10.1 Å². The van der Waals surface area contributed by atoms with Gasteiger partial charge >= 0.3 is 0 Å². The van der Waals surface area contributed by atoms with Gasteiger partial charge in [-0.05, 0) is 25.0 Å². The molecule has 3 rings (SSSR count). The van der Waals surface area contributed by atoms with Gasteiger partial charge in [-0.15, -0.1) is 0 Å². The summed E-state index contributed by atoms with van der Waals surface area (Å²) in [6.45, 7) is 1.36. The summed E-state index contributed by atoms with van der Waals surface area (Å²) in [6, 6.07) is 5.30. The molecule has 1 unspecified atom stereocenters. The quantitative estimate of drug-likeness (QED) is 0.927. The first-order valence-electron chi connectivity index (χ1n) is 7.21. The number of hydrogen-bond donors (Lipinski definition) is 1. The molecule has 1 amide bonds. The number of amides is 1. The van der Waals surface area contributed by atoms with Crippen LogP contribution in [-0.4, -0.2) is 47.0 Å². The number of likely N-dealkylation sites (tertiary alicyclic amines) is 1. The number of carbonyl (C=O) groups excluding carboxylic acids is 1. The summed E-state index contributed by atoms with van der Waals surface area (Å²) in [4.78, 5) is 22.3. The largest absolute Gasteiger partial charge is 0.481 e. The highest BCUT2D eigenvalue weighted by Gasteiger charge is 2.26. The second kappa shape index (κ2) is 6.46. The number of carbonyl (C=O) groups is 1. The van der Waals surface area contributed by atoms with Gasteiger partial charge in [-0.1, -0.05) is 0 Å². The van der Waals surface area contributed by atoms with Gasteiger partial charge in [0.2, 0.25) is 5.88 Å². The Bertz CT molecular complexity index is 629. The average molecular weight is 302 g/mol. The van der Waals surface area contributed by atoms with Crippen molar-refractivity contribution in [2.24, 2.45) is 0 Å². The molecular formula is C15H18N4O3. The summed E-state index contributed by atoms with van der Waals surface area (Å²) in [5, 5.41) is 3.33. The molecule has 1 N–H and O–H groups in total. The van der Waals surface area contributed by atoms with Crippen molar-refractivity contribution in [2.75, 3.05) is 25.5 Å². The molecule has 2 aromatic heterocycles.